The number of H-pyrrole nitrogens is 1. The number of benzene rings is 1. The fourth-order valence-corrected chi connectivity index (χ4v) is 2.40. The molecule has 2 rings (SSSR count). The Kier molecular flexibility index (Phi) is 5.57. The van der Waals surface area contributed by atoms with Crippen LogP contribution in [0.1, 0.15) is 24.0 Å². The number of aryl methyl sites for hydroxylation is 1. The minimum absolute atomic E-state index is 0.0656. The van der Waals surface area contributed by atoms with Gasteiger partial charge < -0.3 is 15.2 Å². The Labute approximate surface area is 139 Å². The van der Waals surface area contributed by atoms with E-state index in [1.54, 1.807) is 14.0 Å². The Balaban J connectivity index is 2.14. The summed E-state index contributed by atoms with van der Waals surface area (Å²) < 4.78 is 6.05. The molecule has 0 fully saturated rings. The smallest absolute Gasteiger partial charge is 0.328 e. The molecule has 0 spiro atoms. The van der Waals surface area contributed by atoms with Crippen molar-refractivity contribution in [2.45, 2.75) is 25.3 Å². The van der Waals surface area contributed by atoms with Crippen molar-refractivity contribution >= 4 is 11.9 Å². The first-order valence-electron chi connectivity index (χ1n) is 7.60. The number of hydrogen-bond donors (Lipinski definition) is 2. The van der Waals surface area contributed by atoms with Crippen molar-refractivity contribution in [3.8, 4) is 0 Å². The molecule has 7 heteroatoms. The van der Waals surface area contributed by atoms with Crippen molar-refractivity contribution in [1.82, 2.24) is 15.1 Å². The summed E-state index contributed by atoms with van der Waals surface area (Å²) in [6, 6.07) is 8.34. The monoisotopic (exact) mass is 331 g/mol. The lowest BCUT2D eigenvalue weighted by atomic mass is 9.99. The van der Waals surface area contributed by atoms with Gasteiger partial charge in [-0.15, -0.1) is 0 Å². The Morgan fingerprint density at radius 2 is 1.96 bits per heavy atom. The minimum Gasteiger partial charge on any atom is -0.467 e. The highest BCUT2D eigenvalue weighted by Crippen LogP contribution is 2.15. The Bertz CT molecular complexity index is 764. The van der Waals surface area contributed by atoms with Crippen molar-refractivity contribution in [3.63, 3.8) is 0 Å². The van der Waals surface area contributed by atoms with Gasteiger partial charge in [-0.2, -0.15) is 0 Å². The summed E-state index contributed by atoms with van der Waals surface area (Å²) in [5.41, 5.74) is 1.01. The van der Waals surface area contributed by atoms with Crippen LogP contribution < -0.4 is 10.9 Å². The van der Waals surface area contributed by atoms with Gasteiger partial charge in [0.25, 0.3) is 5.56 Å². The number of rotatable bonds is 6. The number of amides is 1. The Morgan fingerprint density at radius 3 is 2.50 bits per heavy atom. The van der Waals surface area contributed by atoms with Crippen LogP contribution >= 0.6 is 0 Å². The maximum absolute atomic E-state index is 12.4. The van der Waals surface area contributed by atoms with E-state index in [-0.39, 0.29) is 17.9 Å². The largest absolute Gasteiger partial charge is 0.467 e. The van der Waals surface area contributed by atoms with Gasteiger partial charge in [0.2, 0.25) is 5.91 Å². The molecule has 1 aromatic heterocycles. The molecule has 0 bridgehead atoms. The Morgan fingerprint density at radius 1 is 1.29 bits per heavy atom. The number of esters is 1. The third kappa shape index (κ3) is 3.92. The molecule has 2 aromatic rings. The van der Waals surface area contributed by atoms with Crippen LogP contribution in [0.15, 0.2) is 41.3 Å². The molecule has 0 saturated heterocycles. The fraction of sp³-hybridized carbons (Fsp3) is 0.353. The normalized spacial score (nSPS) is 13.1. The second-order valence-electron chi connectivity index (χ2n) is 5.58. The van der Waals surface area contributed by atoms with E-state index in [1.807, 2.05) is 30.3 Å². The van der Waals surface area contributed by atoms with Crippen LogP contribution in [0.2, 0.25) is 0 Å². The first-order valence-corrected chi connectivity index (χ1v) is 7.60. The summed E-state index contributed by atoms with van der Waals surface area (Å²) in [5.74, 6) is -1.32. The summed E-state index contributed by atoms with van der Waals surface area (Å²) in [6.07, 6.45) is 1.58. The van der Waals surface area contributed by atoms with Gasteiger partial charge in [-0.05, 0) is 12.5 Å². The maximum Gasteiger partial charge on any atom is 0.328 e. The number of carbonyl (C=O) groups excluding carboxylic acids is 2. The van der Waals surface area contributed by atoms with Crippen LogP contribution in [-0.4, -0.2) is 34.8 Å². The molecule has 1 aromatic carbocycles. The Hall–Kier alpha value is -2.83. The van der Waals surface area contributed by atoms with Gasteiger partial charge in [-0.3, -0.25) is 14.3 Å². The first-order chi connectivity index (χ1) is 11.4. The number of hydrogen-bond acceptors (Lipinski definition) is 4. The number of aromatic amines is 1. The summed E-state index contributed by atoms with van der Waals surface area (Å²) in [6.45, 7) is 1.76. The molecule has 2 N–H and O–H groups in total. The molecule has 1 heterocycles. The van der Waals surface area contributed by atoms with Gasteiger partial charge in [0.15, 0.2) is 0 Å². The lowest BCUT2D eigenvalue weighted by molar-refractivity contribution is -0.145. The topological polar surface area (TPSA) is 93.2 Å². The van der Waals surface area contributed by atoms with Crippen molar-refractivity contribution < 1.29 is 14.3 Å². The predicted molar refractivity (Wildman–Crippen MR) is 88.5 cm³/mol. The first kappa shape index (κ1) is 17.5. The SMILES string of the molecule is COC(=O)[C@@H](Cc1c[nH]n(C)c1=O)NC(=O)C(C)c1ccccc1. The third-order valence-corrected chi connectivity index (χ3v) is 3.93. The van der Waals surface area contributed by atoms with E-state index in [4.69, 9.17) is 4.74 Å². The average molecular weight is 331 g/mol. The van der Waals surface area contributed by atoms with Crippen molar-refractivity contribution in [3.05, 3.63) is 58.0 Å². The summed E-state index contributed by atoms with van der Waals surface area (Å²) in [7, 11) is 2.83. The summed E-state index contributed by atoms with van der Waals surface area (Å²) in [5, 5.41) is 5.42. The van der Waals surface area contributed by atoms with E-state index < -0.39 is 17.9 Å². The molecule has 1 unspecified atom stereocenters. The van der Waals surface area contributed by atoms with Gasteiger partial charge in [0.1, 0.15) is 6.04 Å². The van der Waals surface area contributed by atoms with Crippen LogP contribution in [0.25, 0.3) is 0 Å². The lowest BCUT2D eigenvalue weighted by Gasteiger charge is -2.19. The molecule has 24 heavy (non-hydrogen) atoms. The zero-order chi connectivity index (χ0) is 17.7. The van der Waals surface area contributed by atoms with Crippen LogP contribution in [-0.2, 0) is 27.8 Å². The molecule has 0 saturated carbocycles. The van der Waals surface area contributed by atoms with E-state index in [0.717, 1.165) is 5.56 Å². The van der Waals surface area contributed by atoms with E-state index >= 15 is 0 Å². The summed E-state index contributed by atoms with van der Waals surface area (Å²) >= 11 is 0. The van der Waals surface area contributed by atoms with Gasteiger partial charge in [0, 0.05) is 25.2 Å². The molecular weight excluding hydrogens is 310 g/mol. The van der Waals surface area contributed by atoms with Gasteiger partial charge in [0.05, 0.1) is 13.0 Å². The van der Waals surface area contributed by atoms with Crippen LogP contribution in [0.5, 0.6) is 0 Å². The number of ether oxygens (including phenoxy) is 1. The molecular formula is C17H21N3O4. The molecule has 7 nitrogen and oxygen atoms in total. The average Bonchev–Trinajstić information content (AvgIpc) is 2.92. The lowest BCUT2D eigenvalue weighted by Crippen LogP contribution is -2.45. The van der Waals surface area contributed by atoms with E-state index in [0.29, 0.717) is 5.56 Å². The minimum atomic E-state index is -0.919. The van der Waals surface area contributed by atoms with E-state index in [2.05, 4.69) is 10.4 Å². The highest BCUT2D eigenvalue weighted by atomic mass is 16.5. The second kappa shape index (κ2) is 7.63. The van der Waals surface area contributed by atoms with Crippen molar-refractivity contribution in [1.29, 1.82) is 0 Å². The highest BCUT2D eigenvalue weighted by Gasteiger charge is 2.26. The van der Waals surface area contributed by atoms with Crippen LogP contribution in [0, 0.1) is 0 Å². The van der Waals surface area contributed by atoms with E-state index in [9.17, 15) is 14.4 Å². The highest BCUT2D eigenvalue weighted by molar-refractivity contribution is 5.88. The number of nitrogens with one attached hydrogen (secondary N) is 2. The molecule has 2 atom stereocenters. The molecule has 0 aliphatic heterocycles. The van der Waals surface area contributed by atoms with Crippen LogP contribution in [0.4, 0.5) is 0 Å². The molecule has 0 aliphatic carbocycles. The van der Waals surface area contributed by atoms with Crippen LogP contribution in [0.3, 0.4) is 0 Å². The molecule has 0 aliphatic rings. The second-order valence-corrected chi connectivity index (χ2v) is 5.58. The zero-order valence-electron chi connectivity index (χ0n) is 13.9. The molecule has 128 valence electrons. The number of aromatic nitrogens is 2. The zero-order valence-corrected chi connectivity index (χ0v) is 13.9. The third-order valence-electron chi connectivity index (χ3n) is 3.93. The number of carbonyl (C=O) groups is 2. The maximum atomic E-state index is 12.4. The standard InChI is InChI=1S/C17H21N3O4/c1-11(12-7-5-4-6-8-12)15(21)19-14(17(23)24-3)9-13-10-18-20(2)16(13)22/h4-8,10-11,14,18H,9H2,1-3H3,(H,19,21)/t11?,14-/m1/s1. The van der Waals surface area contributed by atoms with Gasteiger partial charge in [-0.25, -0.2) is 4.79 Å². The quantitative estimate of drug-likeness (QED) is 0.763. The summed E-state index contributed by atoms with van der Waals surface area (Å²) in [4.78, 5) is 36.3. The van der Waals surface area contributed by atoms with Gasteiger partial charge in [-0.1, -0.05) is 30.3 Å². The van der Waals surface area contributed by atoms with Crippen molar-refractivity contribution in [2.75, 3.05) is 7.11 Å². The predicted octanol–water partition coefficient (Wildman–Crippen LogP) is 0.717. The fourth-order valence-electron chi connectivity index (χ4n) is 2.40. The van der Waals surface area contributed by atoms with Crippen molar-refractivity contribution in [2.24, 2.45) is 7.05 Å². The van der Waals surface area contributed by atoms with Gasteiger partial charge >= 0.3 is 5.97 Å². The number of nitrogens with zero attached hydrogens (tertiary/aromatic N) is 1. The van der Waals surface area contributed by atoms with E-state index in [1.165, 1.54) is 18.0 Å². The number of methoxy groups -OCH3 is 1. The molecule has 0 radical (unpaired) electrons. The molecule has 1 amide bonds.